The topological polar surface area (TPSA) is 81.0 Å². The fourth-order valence-electron chi connectivity index (χ4n) is 0. The van der Waals surface area contributed by atoms with E-state index < -0.39 is 15.6 Å². The number of rotatable bonds is 0. The van der Waals surface area contributed by atoms with Crippen LogP contribution in [0.2, 0.25) is 0 Å². The zero-order chi connectivity index (χ0) is 9.71. The summed E-state index contributed by atoms with van der Waals surface area (Å²) in [5.41, 5.74) is -5.65. The minimum atomic E-state index is -6.09. The van der Waals surface area contributed by atoms with E-state index in [2.05, 4.69) is 16.0 Å². The third kappa shape index (κ3) is 10.2. The van der Waals surface area contributed by atoms with E-state index >= 15 is 0 Å². The van der Waals surface area contributed by atoms with Gasteiger partial charge in [-0.2, -0.15) is 13.2 Å². The van der Waals surface area contributed by atoms with E-state index in [1.165, 1.54) is 4.97 Å². The maximum atomic E-state index is 10.7. The molecule has 0 aliphatic rings. The number of nitriles is 1. The summed E-state index contributed by atoms with van der Waals surface area (Å²) in [6.45, 7) is 0. The summed E-state index contributed by atoms with van der Waals surface area (Å²) >= 11 is 3.81. The van der Waals surface area contributed by atoms with Gasteiger partial charge in [-0.25, -0.2) is 8.42 Å². The zero-order valence-corrected chi connectivity index (χ0v) is 7.52. The number of halogens is 3. The Kier molecular flexibility index (Phi) is 10.1. The molecule has 0 aliphatic carbocycles. The SMILES string of the molecule is N#[C][Cu].O=S(=O)([O-])C(F)(F)F.[Cu+]. The van der Waals surface area contributed by atoms with E-state index in [0.717, 1.165) is 0 Å². The van der Waals surface area contributed by atoms with Crippen LogP contribution in [0.1, 0.15) is 0 Å². The first kappa shape index (κ1) is 18.1. The van der Waals surface area contributed by atoms with Crippen molar-refractivity contribution in [1.29, 1.82) is 5.26 Å². The van der Waals surface area contributed by atoms with E-state index in [-0.39, 0.29) is 17.1 Å². The van der Waals surface area contributed by atoms with Crippen LogP contribution in [0.5, 0.6) is 0 Å². The largest absolute Gasteiger partial charge is 1.00 e. The zero-order valence-electron chi connectivity index (χ0n) is 4.82. The van der Waals surface area contributed by atoms with Crippen molar-refractivity contribution in [1.82, 2.24) is 0 Å². The van der Waals surface area contributed by atoms with Crippen molar-refractivity contribution in [3.8, 4) is 4.97 Å². The van der Waals surface area contributed by atoms with Crippen LogP contribution >= 0.6 is 0 Å². The van der Waals surface area contributed by atoms with E-state index in [0.29, 0.717) is 0 Å². The molecule has 0 saturated carbocycles. The van der Waals surface area contributed by atoms with Crippen LogP contribution in [0.25, 0.3) is 0 Å². The van der Waals surface area contributed by atoms with Gasteiger partial charge in [0.2, 0.25) is 0 Å². The number of alkyl halides is 3. The maximum absolute atomic E-state index is 10.7. The van der Waals surface area contributed by atoms with Crippen LogP contribution in [0.15, 0.2) is 0 Å². The van der Waals surface area contributed by atoms with E-state index in [1.54, 1.807) is 0 Å². The molecule has 80 valence electrons. The molecule has 0 heterocycles. The quantitative estimate of drug-likeness (QED) is 0.360. The van der Waals surface area contributed by atoms with E-state index in [4.69, 9.17) is 18.2 Å². The van der Waals surface area contributed by atoms with E-state index in [9.17, 15) is 13.2 Å². The molecule has 0 aromatic heterocycles. The van der Waals surface area contributed by atoms with Gasteiger partial charge in [-0.3, -0.25) is 0 Å². The Morgan fingerprint density at radius 3 is 1.50 bits per heavy atom. The van der Waals surface area contributed by atoms with Gasteiger partial charge < -0.3 is 4.55 Å². The molecule has 0 spiro atoms. The molecule has 0 unspecified atom stereocenters. The van der Waals surface area contributed by atoms with Crippen molar-refractivity contribution in [2.45, 2.75) is 5.51 Å². The Hall–Kier alpha value is 0.229. The fraction of sp³-hybridized carbons (Fsp3) is 0.500. The Labute approximate surface area is 85.2 Å². The maximum Gasteiger partial charge on any atom is 1.00 e. The normalized spacial score (nSPS) is 10.1. The molecule has 0 fully saturated rings. The van der Waals surface area contributed by atoms with Crippen molar-refractivity contribution < 1.29 is 59.2 Å². The molecule has 0 amide bonds. The fourth-order valence-corrected chi connectivity index (χ4v) is 0. The summed E-state index contributed by atoms with van der Waals surface area (Å²) in [5, 5.41) is 7.12. The summed E-state index contributed by atoms with van der Waals surface area (Å²) in [6.07, 6.45) is 0. The Balaban J connectivity index is -0.000000177. The molecule has 0 aliphatic heterocycles. The van der Waals surface area contributed by atoms with Crippen molar-refractivity contribution in [2.24, 2.45) is 0 Å². The van der Waals surface area contributed by atoms with Gasteiger partial charge in [-0.1, -0.05) is 0 Å². The van der Waals surface area contributed by atoms with Crippen LogP contribution in [-0.4, -0.2) is 18.5 Å². The second kappa shape index (κ2) is 6.71. The molecular formula is C2Cu2F3NO3S. The molecular weight excluding hydrogens is 302 g/mol. The second-order valence-electron chi connectivity index (χ2n) is 0.967. The molecule has 0 bridgehead atoms. The smallest absolute Gasteiger partial charge is 0.741 e. The first-order valence-corrected chi connectivity index (χ1v) is 3.52. The van der Waals surface area contributed by atoms with E-state index in [1.807, 2.05) is 0 Å². The molecule has 0 saturated heterocycles. The van der Waals surface area contributed by atoms with Gasteiger partial charge >= 0.3 is 48.8 Å². The Morgan fingerprint density at radius 1 is 1.42 bits per heavy atom. The molecule has 0 rings (SSSR count). The van der Waals surface area contributed by atoms with Crippen LogP contribution in [-0.2, 0) is 43.2 Å². The first-order valence-electron chi connectivity index (χ1n) is 1.65. The number of hydrogen-bond acceptors (Lipinski definition) is 4. The Morgan fingerprint density at radius 2 is 1.50 bits per heavy atom. The van der Waals surface area contributed by atoms with Crippen molar-refractivity contribution in [2.75, 3.05) is 0 Å². The number of nitrogens with zero attached hydrogens (tertiary/aromatic N) is 1. The molecule has 12 heavy (non-hydrogen) atoms. The molecule has 0 aromatic carbocycles. The average molecular weight is 302 g/mol. The van der Waals surface area contributed by atoms with Gasteiger partial charge in [0.15, 0.2) is 10.1 Å². The summed E-state index contributed by atoms with van der Waals surface area (Å²) in [5.74, 6) is 0. The van der Waals surface area contributed by atoms with Gasteiger partial charge in [0.05, 0.1) is 0 Å². The molecule has 4 nitrogen and oxygen atoms in total. The van der Waals surface area contributed by atoms with Crippen molar-refractivity contribution in [3.05, 3.63) is 0 Å². The average Bonchev–Trinajstić information content (AvgIpc) is 1.60. The third-order valence-electron chi connectivity index (χ3n) is 0.283. The van der Waals surface area contributed by atoms with Crippen LogP contribution in [0.3, 0.4) is 0 Å². The monoisotopic (exact) mass is 301 g/mol. The standard InChI is InChI=1S/CHF3O3S.CN.2Cu/c2-1(3,4)8(5,6)7;1-2;;/h(H,5,6,7);;;/q;;;+1/p-1. The predicted molar refractivity (Wildman–Crippen MR) is 21.4 cm³/mol. The third-order valence-corrected chi connectivity index (χ3v) is 0.850. The van der Waals surface area contributed by atoms with Crippen LogP contribution in [0, 0.1) is 10.2 Å². The summed E-state index contributed by atoms with van der Waals surface area (Å²) in [7, 11) is -6.09. The van der Waals surface area contributed by atoms with Gasteiger partial charge in [0, 0.05) is 0 Å². The Bertz CT molecular complexity index is 241. The van der Waals surface area contributed by atoms with Crippen molar-refractivity contribution >= 4 is 10.1 Å². The molecule has 0 aromatic rings. The van der Waals surface area contributed by atoms with Crippen LogP contribution < -0.4 is 0 Å². The van der Waals surface area contributed by atoms with Gasteiger partial charge in [-0.15, -0.1) is 0 Å². The van der Waals surface area contributed by atoms with Crippen molar-refractivity contribution in [3.63, 3.8) is 0 Å². The summed E-state index contributed by atoms with van der Waals surface area (Å²) < 4.78 is 58.9. The molecule has 0 N–H and O–H groups in total. The van der Waals surface area contributed by atoms with Crippen LogP contribution in [0.4, 0.5) is 13.2 Å². The minimum Gasteiger partial charge on any atom is -0.741 e. The molecule has 0 atom stereocenters. The predicted octanol–water partition coefficient (Wildman–Crippen LogP) is 0.0632. The molecule has 0 radical (unpaired) electrons. The van der Waals surface area contributed by atoms with Gasteiger partial charge in [0.25, 0.3) is 0 Å². The summed E-state index contributed by atoms with van der Waals surface area (Å²) in [4.78, 5) is 1.31. The van der Waals surface area contributed by atoms with Gasteiger partial charge in [0.1, 0.15) is 0 Å². The minimum absolute atomic E-state index is 0. The second-order valence-corrected chi connectivity index (χ2v) is 2.55. The van der Waals surface area contributed by atoms with Gasteiger partial charge in [-0.05, 0) is 0 Å². The number of hydrogen-bond donors (Lipinski definition) is 0. The summed E-state index contributed by atoms with van der Waals surface area (Å²) in [6, 6.07) is 0. The first-order chi connectivity index (χ1) is 4.66. The molecule has 10 heteroatoms.